The van der Waals surface area contributed by atoms with Crippen LogP contribution in [0.15, 0.2) is 0 Å². The van der Waals surface area contributed by atoms with Crippen LogP contribution in [0.1, 0.15) is 12.8 Å². The number of rotatable bonds is 2. The normalized spacial score (nSPS) is 22.2. The number of alkyl halides is 2. The van der Waals surface area contributed by atoms with E-state index in [9.17, 15) is 8.78 Å². The average Bonchev–Trinajstić information content (AvgIpc) is 1.93. The molecule has 0 bridgehead atoms. The van der Waals surface area contributed by atoms with E-state index in [1.807, 2.05) is 4.90 Å². The SMILES string of the molecule is FC(F)CN1CCCNCCC1. The monoisotopic (exact) mass is 178 g/mol. The van der Waals surface area contributed by atoms with Gasteiger partial charge in [-0.25, -0.2) is 8.78 Å². The molecule has 0 unspecified atom stereocenters. The zero-order valence-electron chi connectivity index (χ0n) is 7.23. The third kappa shape index (κ3) is 3.97. The Bertz CT molecular complexity index is 112. The third-order valence-corrected chi connectivity index (χ3v) is 2.05. The molecule has 0 atom stereocenters. The molecule has 2 nitrogen and oxygen atoms in total. The summed E-state index contributed by atoms with van der Waals surface area (Å²) in [5, 5.41) is 3.25. The standard InChI is InChI=1S/C8H16F2N2/c9-8(10)7-12-5-1-3-11-4-2-6-12/h8,11H,1-7H2. The summed E-state index contributed by atoms with van der Waals surface area (Å²) in [7, 11) is 0. The number of nitrogens with one attached hydrogen (secondary N) is 1. The van der Waals surface area contributed by atoms with Gasteiger partial charge in [0.25, 0.3) is 6.43 Å². The van der Waals surface area contributed by atoms with Crippen LogP contribution >= 0.6 is 0 Å². The zero-order chi connectivity index (χ0) is 8.81. The van der Waals surface area contributed by atoms with E-state index >= 15 is 0 Å². The second kappa shape index (κ2) is 5.43. The van der Waals surface area contributed by atoms with E-state index in [0.29, 0.717) is 0 Å². The van der Waals surface area contributed by atoms with E-state index < -0.39 is 6.43 Å². The van der Waals surface area contributed by atoms with Crippen LogP contribution in [-0.2, 0) is 0 Å². The molecule has 1 rings (SSSR count). The average molecular weight is 178 g/mol. The lowest BCUT2D eigenvalue weighted by Crippen LogP contribution is -2.36. The van der Waals surface area contributed by atoms with Crippen LogP contribution in [0.4, 0.5) is 8.78 Å². The maximum Gasteiger partial charge on any atom is 0.251 e. The van der Waals surface area contributed by atoms with Crippen LogP contribution in [-0.4, -0.2) is 44.0 Å². The fourth-order valence-electron chi connectivity index (χ4n) is 1.47. The van der Waals surface area contributed by atoms with Crippen molar-refractivity contribution >= 4 is 0 Å². The van der Waals surface area contributed by atoms with Crippen molar-refractivity contribution in [2.75, 3.05) is 32.7 Å². The van der Waals surface area contributed by atoms with Crippen molar-refractivity contribution in [3.05, 3.63) is 0 Å². The van der Waals surface area contributed by atoms with Gasteiger partial charge >= 0.3 is 0 Å². The smallest absolute Gasteiger partial charge is 0.251 e. The minimum Gasteiger partial charge on any atom is -0.317 e. The summed E-state index contributed by atoms with van der Waals surface area (Å²) in [6.07, 6.45) is -0.225. The Morgan fingerprint density at radius 2 is 1.75 bits per heavy atom. The molecule has 4 heteroatoms. The molecule has 1 aliphatic heterocycles. The van der Waals surface area contributed by atoms with Gasteiger partial charge in [0, 0.05) is 0 Å². The van der Waals surface area contributed by atoms with Crippen LogP contribution in [0.5, 0.6) is 0 Å². The van der Waals surface area contributed by atoms with Crippen molar-refractivity contribution in [2.24, 2.45) is 0 Å². The maximum absolute atomic E-state index is 12.0. The van der Waals surface area contributed by atoms with Gasteiger partial charge in [0.1, 0.15) is 0 Å². The van der Waals surface area contributed by atoms with E-state index in [1.54, 1.807) is 0 Å². The van der Waals surface area contributed by atoms with Gasteiger partial charge in [-0.3, -0.25) is 4.90 Å². The first kappa shape index (κ1) is 9.86. The first-order chi connectivity index (χ1) is 5.79. The maximum atomic E-state index is 12.0. The van der Waals surface area contributed by atoms with E-state index in [1.165, 1.54) is 0 Å². The molecule has 0 aliphatic carbocycles. The van der Waals surface area contributed by atoms with Gasteiger partial charge in [-0.2, -0.15) is 0 Å². The lowest BCUT2D eigenvalue weighted by molar-refractivity contribution is 0.0850. The summed E-state index contributed by atoms with van der Waals surface area (Å²) < 4.78 is 24.0. The van der Waals surface area contributed by atoms with Gasteiger partial charge in [0.15, 0.2) is 0 Å². The van der Waals surface area contributed by atoms with E-state index in [-0.39, 0.29) is 6.54 Å². The lowest BCUT2D eigenvalue weighted by atomic mass is 10.3. The molecule has 0 radical (unpaired) electrons. The second-order valence-electron chi connectivity index (χ2n) is 3.15. The van der Waals surface area contributed by atoms with Crippen molar-refractivity contribution in [3.63, 3.8) is 0 Å². The predicted octanol–water partition coefficient (Wildman–Crippen LogP) is 0.937. The largest absolute Gasteiger partial charge is 0.317 e. The van der Waals surface area contributed by atoms with E-state index in [4.69, 9.17) is 0 Å². The zero-order valence-corrected chi connectivity index (χ0v) is 7.23. The summed E-state index contributed by atoms with van der Waals surface area (Å²) in [5.41, 5.74) is 0. The van der Waals surface area contributed by atoms with Crippen LogP contribution in [0.3, 0.4) is 0 Å². The Morgan fingerprint density at radius 3 is 2.25 bits per heavy atom. The first-order valence-electron chi connectivity index (χ1n) is 4.50. The Hall–Kier alpha value is -0.220. The minimum atomic E-state index is -2.18. The van der Waals surface area contributed by atoms with Gasteiger partial charge in [0.2, 0.25) is 0 Å². The van der Waals surface area contributed by atoms with Crippen LogP contribution in [0.25, 0.3) is 0 Å². The number of halogens is 2. The quantitative estimate of drug-likeness (QED) is 0.677. The molecule has 0 aromatic rings. The van der Waals surface area contributed by atoms with Gasteiger partial charge in [-0.15, -0.1) is 0 Å². The van der Waals surface area contributed by atoms with Crippen molar-refractivity contribution < 1.29 is 8.78 Å². The predicted molar refractivity (Wildman–Crippen MR) is 44.5 cm³/mol. The molecule has 1 fully saturated rings. The fourth-order valence-corrected chi connectivity index (χ4v) is 1.47. The minimum absolute atomic E-state index is 0.0556. The first-order valence-corrected chi connectivity index (χ1v) is 4.50. The molecule has 0 spiro atoms. The molecular weight excluding hydrogens is 162 g/mol. The number of hydrogen-bond donors (Lipinski definition) is 1. The highest BCUT2D eigenvalue weighted by molar-refractivity contribution is 4.64. The Balaban J connectivity index is 2.20. The summed E-state index contributed by atoms with van der Waals surface area (Å²) in [6.45, 7) is 3.47. The van der Waals surface area contributed by atoms with E-state index in [0.717, 1.165) is 39.0 Å². The van der Waals surface area contributed by atoms with E-state index in [2.05, 4.69) is 5.32 Å². The fraction of sp³-hybridized carbons (Fsp3) is 1.00. The molecule has 0 amide bonds. The third-order valence-electron chi connectivity index (χ3n) is 2.05. The second-order valence-corrected chi connectivity index (χ2v) is 3.15. The van der Waals surface area contributed by atoms with Crippen molar-refractivity contribution in [2.45, 2.75) is 19.3 Å². The molecule has 0 saturated carbocycles. The van der Waals surface area contributed by atoms with Crippen LogP contribution in [0.2, 0.25) is 0 Å². The highest BCUT2D eigenvalue weighted by Gasteiger charge is 2.12. The van der Waals surface area contributed by atoms with Crippen LogP contribution < -0.4 is 5.32 Å². The van der Waals surface area contributed by atoms with Crippen molar-refractivity contribution in [3.8, 4) is 0 Å². The Morgan fingerprint density at radius 1 is 1.17 bits per heavy atom. The molecule has 0 aromatic carbocycles. The molecular formula is C8H16F2N2. The van der Waals surface area contributed by atoms with Gasteiger partial charge in [0.05, 0.1) is 6.54 Å². The molecule has 12 heavy (non-hydrogen) atoms. The highest BCUT2D eigenvalue weighted by atomic mass is 19.3. The summed E-state index contributed by atoms with van der Waals surface area (Å²) in [5.74, 6) is 0. The van der Waals surface area contributed by atoms with Crippen molar-refractivity contribution in [1.82, 2.24) is 10.2 Å². The summed E-state index contributed by atoms with van der Waals surface area (Å²) in [6, 6.07) is 0. The van der Waals surface area contributed by atoms with Gasteiger partial charge in [-0.1, -0.05) is 0 Å². The Labute approximate surface area is 71.9 Å². The topological polar surface area (TPSA) is 15.3 Å². The molecule has 1 saturated heterocycles. The Kier molecular flexibility index (Phi) is 4.46. The van der Waals surface area contributed by atoms with Crippen molar-refractivity contribution in [1.29, 1.82) is 0 Å². The molecule has 0 aromatic heterocycles. The van der Waals surface area contributed by atoms with Gasteiger partial charge in [-0.05, 0) is 39.0 Å². The molecule has 72 valence electrons. The van der Waals surface area contributed by atoms with Crippen LogP contribution in [0, 0.1) is 0 Å². The molecule has 1 aliphatic rings. The highest BCUT2D eigenvalue weighted by Crippen LogP contribution is 2.01. The number of nitrogens with zero attached hydrogens (tertiary/aromatic N) is 1. The molecule has 1 heterocycles. The summed E-state index contributed by atoms with van der Waals surface area (Å²) >= 11 is 0. The van der Waals surface area contributed by atoms with Gasteiger partial charge < -0.3 is 5.32 Å². The summed E-state index contributed by atoms with van der Waals surface area (Å²) in [4.78, 5) is 1.85. The number of hydrogen-bond acceptors (Lipinski definition) is 2. The molecule has 1 N–H and O–H groups in total. The lowest BCUT2D eigenvalue weighted by Gasteiger charge is -2.24.